The van der Waals surface area contributed by atoms with Gasteiger partial charge in [-0.1, -0.05) is 6.92 Å². The van der Waals surface area contributed by atoms with Crippen LogP contribution in [0.15, 0.2) is 24.3 Å². The number of benzene rings is 1. The Labute approximate surface area is 145 Å². The molecule has 4 nitrogen and oxygen atoms in total. The topological polar surface area (TPSA) is 68.0 Å². The van der Waals surface area contributed by atoms with Crippen molar-refractivity contribution in [2.75, 3.05) is 6.54 Å². The Balaban J connectivity index is 0.00000264. The van der Waals surface area contributed by atoms with Crippen molar-refractivity contribution in [2.45, 2.75) is 26.8 Å². The number of thiazole rings is 1. The van der Waals surface area contributed by atoms with Gasteiger partial charge in [0, 0.05) is 18.0 Å². The monoisotopic (exact) mass is 357 g/mol. The van der Waals surface area contributed by atoms with Crippen LogP contribution in [0.1, 0.15) is 30.5 Å². The van der Waals surface area contributed by atoms with Crippen molar-refractivity contribution in [1.29, 1.82) is 0 Å². The predicted octanol–water partition coefficient (Wildman–Crippen LogP) is 3.45. The molecule has 0 bridgehead atoms. The van der Waals surface area contributed by atoms with Crippen molar-refractivity contribution in [2.24, 2.45) is 11.7 Å². The fourth-order valence-electron chi connectivity index (χ4n) is 2.05. The van der Waals surface area contributed by atoms with E-state index in [1.165, 1.54) is 23.5 Å². The lowest BCUT2D eigenvalue weighted by molar-refractivity contribution is -0.124. The third kappa shape index (κ3) is 4.73. The molecule has 1 aromatic carbocycles. The van der Waals surface area contributed by atoms with Crippen molar-refractivity contribution >= 4 is 29.7 Å². The molecule has 0 saturated carbocycles. The smallest absolute Gasteiger partial charge is 0.224 e. The summed E-state index contributed by atoms with van der Waals surface area (Å²) in [6, 6.07) is 6.11. The molecule has 1 amide bonds. The number of nitrogens with one attached hydrogen (secondary N) is 1. The van der Waals surface area contributed by atoms with Gasteiger partial charge in [0.15, 0.2) is 0 Å². The number of carbonyl (C=O) groups excluding carboxylic acids is 1. The van der Waals surface area contributed by atoms with Crippen LogP contribution in [-0.2, 0) is 4.79 Å². The summed E-state index contributed by atoms with van der Waals surface area (Å²) < 4.78 is 13.0. The normalized spacial score (nSPS) is 13.1. The van der Waals surface area contributed by atoms with Gasteiger partial charge in [-0.15, -0.1) is 23.7 Å². The lowest BCUT2D eigenvalue weighted by atomic mass is 10.1. The van der Waals surface area contributed by atoms with Gasteiger partial charge in [-0.05, 0) is 38.1 Å². The van der Waals surface area contributed by atoms with Crippen molar-refractivity contribution in [1.82, 2.24) is 10.3 Å². The number of aromatic nitrogens is 1. The highest BCUT2D eigenvalue weighted by molar-refractivity contribution is 7.15. The van der Waals surface area contributed by atoms with E-state index in [1.807, 2.05) is 13.8 Å². The van der Waals surface area contributed by atoms with Gasteiger partial charge in [0.05, 0.1) is 16.6 Å². The largest absolute Gasteiger partial charge is 0.348 e. The summed E-state index contributed by atoms with van der Waals surface area (Å²) in [6.07, 6.45) is 0. The van der Waals surface area contributed by atoms with E-state index in [1.54, 1.807) is 19.1 Å². The first-order chi connectivity index (χ1) is 10.4. The summed E-state index contributed by atoms with van der Waals surface area (Å²) in [4.78, 5) is 17.5. The minimum Gasteiger partial charge on any atom is -0.348 e. The fourth-order valence-corrected chi connectivity index (χ4v) is 3.13. The zero-order valence-electron chi connectivity index (χ0n) is 13.3. The Hall–Kier alpha value is -1.50. The van der Waals surface area contributed by atoms with Crippen LogP contribution >= 0.6 is 23.7 Å². The molecule has 0 radical (unpaired) electrons. The van der Waals surface area contributed by atoms with E-state index < -0.39 is 0 Å². The molecule has 2 unspecified atom stereocenters. The molecule has 2 atom stereocenters. The first kappa shape index (κ1) is 19.5. The van der Waals surface area contributed by atoms with Crippen LogP contribution in [0, 0.1) is 18.7 Å². The van der Waals surface area contributed by atoms with E-state index in [4.69, 9.17) is 5.73 Å². The van der Waals surface area contributed by atoms with Crippen LogP contribution in [0.2, 0.25) is 0 Å². The zero-order valence-corrected chi connectivity index (χ0v) is 14.9. The molecule has 0 aliphatic heterocycles. The number of nitrogens with two attached hydrogens (primary N) is 1. The van der Waals surface area contributed by atoms with Gasteiger partial charge in [-0.3, -0.25) is 4.79 Å². The number of amides is 1. The number of nitrogens with zero attached hydrogens (tertiary/aromatic N) is 1. The Morgan fingerprint density at radius 2 is 1.96 bits per heavy atom. The molecular weight excluding hydrogens is 337 g/mol. The van der Waals surface area contributed by atoms with Crippen LogP contribution in [0.3, 0.4) is 0 Å². The highest BCUT2D eigenvalue weighted by atomic mass is 35.5. The van der Waals surface area contributed by atoms with Crippen molar-refractivity contribution in [3.05, 3.63) is 40.7 Å². The Morgan fingerprint density at radius 3 is 2.52 bits per heavy atom. The van der Waals surface area contributed by atoms with Crippen LogP contribution in [0.5, 0.6) is 0 Å². The maximum absolute atomic E-state index is 13.0. The molecular formula is C16H21ClFN3OS. The molecule has 3 N–H and O–H groups in total. The van der Waals surface area contributed by atoms with E-state index in [2.05, 4.69) is 10.3 Å². The van der Waals surface area contributed by atoms with E-state index >= 15 is 0 Å². The quantitative estimate of drug-likeness (QED) is 0.861. The third-order valence-electron chi connectivity index (χ3n) is 3.48. The van der Waals surface area contributed by atoms with E-state index in [-0.39, 0.29) is 36.1 Å². The second-order valence-corrected chi connectivity index (χ2v) is 6.37. The second kappa shape index (κ2) is 8.38. The second-order valence-electron chi connectivity index (χ2n) is 5.34. The Morgan fingerprint density at radius 1 is 1.35 bits per heavy atom. The van der Waals surface area contributed by atoms with Crippen molar-refractivity contribution in [3.8, 4) is 10.6 Å². The molecule has 1 heterocycles. The van der Waals surface area contributed by atoms with Gasteiger partial charge in [-0.2, -0.15) is 0 Å². The minimum absolute atomic E-state index is 0. The Kier molecular flexibility index (Phi) is 7.12. The molecule has 0 aliphatic carbocycles. The summed E-state index contributed by atoms with van der Waals surface area (Å²) in [5.74, 6) is -0.549. The van der Waals surface area contributed by atoms with E-state index in [0.29, 0.717) is 6.54 Å². The van der Waals surface area contributed by atoms with Crippen LogP contribution in [0.25, 0.3) is 10.6 Å². The molecule has 0 saturated heterocycles. The Bertz CT molecular complexity index is 660. The number of hydrogen-bond acceptors (Lipinski definition) is 4. The first-order valence-electron chi connectivity index (χ1n) is 7.16. The standard InChI is InChI=1S/C16H20FN3OS.ClH/c1-9(8-18)15(21)19-10(2)14-11(3)20-16(22-14)12-4-6-13(17)7-5-12;/h4-7,9-10H,8,18H2,1-3H3,(H,19,21);1H. The predicted molar refractivity (Wildman–Crippen MR) is 94.3 cm³/mol. The highest BCUT2D eigenvalue weighted by Gasteiger charge is 2.19. The minimum atomic E-state index is -0.270. The lowest BCUT2D eigenvalue weighted by Crippen LogP contribution is -2.34. The molecule has 2 rings (SSSR count). The molecule has 126 valence electrons. The molecule has 2 aromatic rings. The van der Waals surface area contributed by atoms with Crippen LogP contribution in [0.4, 0.5) is 4.39 Å². The summed E-state index contributed by atoms with van der Waals surface area (Å²) in [6.45, 7) is 5.95. The lowest BCUT2D eigenvalue weighted by Gasteiger charge is -2.15. The summed E-state index contributed by atoms with van der Waals surface area (Å²) in [5.41, 5.74) is 7.25. The van der Waals surface area contributed by atoms with Gasteiger partial charge < -0.3 is 11.1 Å². The maximum Gasteiger partial charge on any atom is 0.224 e. The zero-order chi connectivity index (χ0) is 16.3. The number of hydrogen-bond donors (Lipinski definition) is 2. The summed E-state index contributed by atoms with van der Waals surface area (Å²) in [7, 11) is 0. The molecule has 23 heavy (non-hydrogen) atoms. The van der Waals surface area contributed by atoms with Crippen LogP contribution in [-0.4, -0.2) is 17.4 Å². The SMILES string of the molecule is Cc1nc(-c2ccc(F)cc2)sc1C(C)NC(=O)C(C)CN.Cl. The van der Waals surface area contributed by atoms with Crippen molar-refractivity contribution < 1.29 is 9.18 Å². The summed E-state index contributed by atoms with van der Waals surface area (Å²) >= 11 is 1.51. The molecule has 1 aromatic heterocycles. The molecule has 0 fully saturated rings. The molecule has 0 spiro atoms. The van der Waals surface area contributed by atoms with E-state index in [0.717, 1.165) is 21.1 Å². The number of halogens is 2. The summed E-state index contributed by atoms with van der Waals surface area (Å²) in [5, 5.41) is 3.77. The first-order valence-corrected chi connectivity index (χ1v) is 7.97. The van der Waals surface area contributed by atoms with Gasteiger partial charge in [0.2, 0.25) is 5.91 Å². The maximum atomic E-state index is 13.0. The average molecular weight is 358 g/mol. The average Bonchev–Trinajstić information content (AvgIpc) is 2.89. The van der Waals surface area contributed by atoms with Gasteiger partial charge in [0.1, 0.15) is 10.8 Å². The third-order valence-corrected chi connectivity index (χ3v) is 4.87. The highest BCUT2D eigenvalue weighted by Crippen LogP contribution is 2.31. The molecule has 7 heteroatoms. The van der Waals surface area contributed by atoms with E-state index in [9.17, 15) is 9.18 Å². The number of rotatable bonds is 5. The van der Waals surface area contributed by atoms with Gasteiger partial charge in [-0.25, -0.2) is 9.37 Å². The van der Waals surface area contributed by atoms with Gasteiger partial charge >= 0.3 is 0 Å². The number of aryl methyl sites for hydroxylation is 1. The fraction of sp³-hybridized carbons (Fsp3) is 0.375. The van der Waals surface area contributed by atoms with Crippen molar-refractivity contribution in [3.63, 3.8) is 0 Å². The number of carbonyl (C=O) groups is 1. The van der Waals surface area contributed by atoms with Crippen LogP contribution < -0.4 is 11.1 Å². The molecule has 0 aliphatic rings. The van der Waals surface area contributed by atoms with Gasteiger partial charge in [0.25, 0.3) is 0 Å².